The van der Waals surface area contributed by atoms with Gasteiger partial charge in [-0.2, -0.15) is 0 Å². The van der Waals surface area contributed by atoms with Crippen molar-refractivity contribution < 1.29 is 4.79 Å². The first-order valence-electron chi connectivity index (χ1n) is 2.73. The van der Waals surface area contributed by atoms with Crippen LogP contribution in [0.1, 0.15) is 6.92 Å². The lowest BCUT2D eigenvalue weighted by Gasteiger charge is -1.86. The SMILES string of the molecule is C=CC(=N/C=C\C)C(=O)Cl. The topological polar surface area (TPSA) is 29.4 Å². The van der Waals surface area contributed by atoms with Crippen LogP contribution in [0.15, 0.2) is 29.9 Å². The number of allylic oxidation sites excluding steroid dienone is 2. The Bertz CT molecular complexity index is 194. The van der Waals surface area contributed by atoms with Crippen LogP contribution in [-0.2, 0) is 4.79 Å². The largest absolute Gasteiger partial charge is 0.274 e. The highest BCUT2D eigenvalue weighted by Crippen LogP contribution is 1.89. The molecule has 0 heterocycles. The molecule has 0 rings (SSSR count). The number of halogens is 1. The first-order valence-corrected chi connectivity index (χ1v) is 3.11. The molecular weight excluding hydrogens is 150 g/mol. The van der Waals surface area contributed by atoms with Gasteiger partial charge in [-0.25, -0.2) is 0 Å². The molecule has 0 aliphatic rings. The third-order valence-corrected chi connectivity index (χ3v) is 0.951. The van der Waals surface area contributed by atoms with Crippen LogP contribution in [0.3, 0.4) is 0 Å². The molecule has 0 aromatic heterocycles. The predicted octanol–water partition coefficient (Wildman–Crippen LogP) is 1.91. The summed E-state index contributed by atoms with van der Waals surface area (Å²) < 4.78 is 0. The van der Waals surface area contributed by atoms with Crippen molar-refractivity contribution in [1.29, 1.82) is 0 Å². The van der Waals surface area contributed by atoms with Crippen molar-refractivity contribution in [3.8, 4) is 0 Å². The fourth-order valence-electron chi connectivity index (χ4n) is 0.339. The average molecular weight is 158 g/mol. The molecule has 0 amide bonds. The van der Waals surface area contributed by atoms with Crippen molar-refractivity contribution in [3.63, 3.8) is 0 Å². The monoisotopic (exact) mass is 157 g/mol. The molecule has 0 N–H and O–H groups in total. The maximum absolute atomic E-state index is 10.4. The summed E-state index contributed by atoms with van der Waals surface area (Å²) >= 11 is 5.10. The zero-order chi connectivity index (χ0) is 7.98. The summed E-state index contributed by atoms with van der Waals surface area (Å²) in [5.74, 6) is 0. The molecule has 0 spiro atoms. The molecule has 3 heteroatoms. The number of carbonyl (C=O) groups excluding carboxylic acids is 1. The van der Waals surface area contributed by atoms with Crippen molar-refractivity contribution >= 4 is 22.6 Å². The van der Waals surface area contributed by atoms with Crippen molar-refractivity contribution in [2.75, 3.05) is 0 Å². The van der Waals surface area contributed by atoms with Crippen LogP contribution in [0.5, 0.6) is 0 Å². The first-order chi connectivity index (χ1) is 4.72. The predicted molar refractivity (Wildman–Crippen MR) is 43.3 cm³/mol. The molecule has 10 heavy (non-hydrogen) atoms. The van der Waals surface area contributed by atoms with Crippen LogP contribution in [0.2, 0.25) is 0 Å². The van der Waals surface area contributed by atoms with Crippen molar-refractivity contribution in [3.05, 3.63) is 24.9 Å². The Hall–Kier alpha value is -0.890. The van der Waals surface area contributed by atoms with Gasteiger partial charge in [0.25, 0.3) is 5.24 Å². The van der Waals surface area contributed by atoms with Crippen LogP contribution < -0.4 is 0 Å². The minimum absolute atomic E-state index is 0.166. The summed E-state index contributed by atoms with van der Waals surface area (Å²) in [7, 11) is 0. The first kappa shape index (κ1) is 9.11. The Labute approximate surface area is 64.9 Å². The highest BCUT2D eigenvalue weighted by Gasteiger charge is 1.99. The fraction of sp³-hybridized carbons (Fsp3) is 0.143. The van der Waals surface area contributed by atoms with Crippen molar-refractivity contribution in [1.82, 2.24) is 0 Å². The Balaban J connectivity index is 4.33. The van der Waals surface area contributed by atoms with Gasteiger partial charge < -0.3 is 0 Å². The number of aliphatic imine (C=N–C) groups is 1. The molecule has 0 aromatic carbocycles. The van der Waals surface area contributed by atoms with Gasteiger partial charge in [-0.1, -0.05) is 12.7 Å². The number of carbonyl (C=O) groups is 1. The third kappa shape index (κ3) is 3.20. The number of nitrogens with zero attached hydrogens (tertiary/aromatic N) is 1. The summed E-state index contributed by atoms with van der Waals surface area (Å²) in [6, 6.07) is 0. The lowest BCUT2D eigenvalue weighted by atomic mass is 10.4. The Morgan fingerprint density at radius 2 is 2.30 bits per heavy atom. The molecule has 0 bridgehead atoms. The van der Waals surface area contributed by atoms with Gasteiger partial charge in [0.05, 0.1) is 0 Å². The highest BCUT2D eigenvalue weighted by atomic mass is 35.5. The Morgan fingerprint density at radius 1 is 1.70 bits per heavy atom. The van der Waals surface area contributed by atoms with Gasteiger partial charge >= 0.3 is 0 Å². The molecule has 0 unspecified atom stereocenters. The van der Waals surface area contributed by atoms with Gasteiger partial charge in [0.15, 0.2) is 0 Å². The molecule has 0 saturated heterocycles. The van der Waals surface area contributed by atoms with E-state index >= 15 is 0 Å². The molecule has 0 radical (unpaired) electrons. The van der Waals surface area contributed by atoms with E-state index in [9.17, 15) is 4.79 Å². The van der Waals surface area contributed by atoms with E-state index in [4.69, 9.17) is 11.6 Å². The fourth-order valence-corrected chi connectivity index (χ4v) is 0.464. The van der Waals surface area contributed by atoms with Crippen LogP contribution >= 0.6 is 11.6 Å². The zero-order valence-electron chi connectivity index (χ0n) is 5.67. The van der Waals surface area contributed by atoms with Crippen LogP contribution in [0, 0.1) is 0 Å². The standard InChI is InChI=1S/C7H8ClNO/c1-3-5-9-6(4-2)7(8)10/h3-5H,2H2,1H3/b5-3-,9-6?. The summed E-state index contributed by atoms with van der Waals surface area (Å²) in [5, 5.41) is -0.590. The van der Waals surface area contributed by atoms with E-state index in [0.29, 0.717) is 0 Å². The van der Waals surface area contributed by atoms with Crippen LogP contribution in [-0.4, -0.2) is 11.0 Å². The molecule has 54 valence electrons. The molecule has 0 aromatic rings. The molecular formula is C7H8ClNO. The minimum atomic E-state index is -0.590. The number of hydrogen-bond donors (Lipinski definition) is 0. The smallest absolute Gasteiger partial charge is 0.270 e. The normalized spacial score (nSPS) is 12.0. The van der Waals surface area contributed by atoms with Gasteiger partial charge in [-0.15, -0.1) is 0 Å². The van der Waals surface area contributed by atoms with Gasteiger partial charge in [0.2, 0.25) is 0 Å². The van der Waals surface area contributed by atoms with E-state index in [-0.39, 0.29) is 5.71 Å². The van der Waals surface area contributed by atoms with Crippen molar-refractivity contribution in [2.24, 2.45) is 4.99 Å². The Morgan fingerprint density at radius 3 is 2.60 bits per heavy atom. The van der Waals surface area contributed by atoms with E-state index in [2.05, 4.69) is 11.6 Å². The molecule has 0 aliphatic heterocycles. The van der Waals surface area contributed by atoms with Gasteiger partial charge in [0.1, 0.15) is 5.71 Å². The van der Waals surface area contributed by atoms with E-state index in [0.717, 1.165) is 0 Å². The second-order valence-corrected chi connectivity index (χ2v) is 1.82. The lowest BCUT2D eigenvalue weighted by molar-refractivity contribution is -0.106. The summed E-state index contributed by atoms with van der Waals surface area (Å²) in [5.41, 5.74) is 0.166. The van der Waals surface area contributed by atoms with Gasteiger partial charge in [0, 0.05) is 6.20 Å². The maximum atomic E-state index is 10.4. The quantitative estimate of drug-likeness (QED) is 0.455. The Kier molecular flexibility index (Phi) is 4.50. The van der Waals surface area contributed by atoms with E-state index < -0.39 is 5.24 Å². The zero-order valence-corrected chi connectivity index (χ0v) is 6.43. The van der Waals surface area contributed by atoms with E-state index in [1.54, 1.807) is 13.0 Å². The molecule has 0 saturated carbocycles. The van der Waals surface area contributed by atoms with Crippen LogP contribution in [0.4, 0.5) is 0 Å². The second-order valence-electron chi connectivity index (χ2n) is 1.47. The molecule has 0 fully saturated rings. The number of rotatable bonds is 3. The summed E-state index contributed by atoms with van der Waals surface area (Å²) in [6.45, 7) is 5.16. The van der Waals surface area contributed by atoms with E-state index in [1.807, 2.05) is 0 Å². The molecule has 0 atom stereocenters. The lowest BCUT2D eigenvalue weighted by Crippen LogP contribution is -2.01. The van der Waals surface area contributed by atoms with E-state index in [1.165, 1.54) is 12.3 Å². The molecule has 2 nitrogen and oxygen atoms in total. The third-order valence-electron chi connectivity index (χ3n) is 0.757. The maximum Gasteiger partial charge on any atom is 0.270 e. The molecule has 0 aliphatic carbocycles. The second kappa shape index (κ2) is 4.94. The van der Waals surface area contributed by atoms with Gasteiger partial charge in [-0.05, 0) is 24.6 Å². The van der Waals surface area contributed by atoms with Crippen LogP contribution in [0.25, 0.3) is 0 Å². The highest BCUT2D eigenvalue weighted by molar-refractivity contribution is 6.83. The summed E-state index contributed by atoms with van der Waals surface area (Å²) in [6.07, 6.45) is 4.50. The minimum Gasteiger partial charge on any atom is -0.274 e. The van der Waals surface area contributed by atoms with Crippen molar-refractivity contribution in [2.45, 2.75) is 6.92 Å². The number of hydrogen-bond acceptors (Lipinski definition) is 2. The average Bonchev–Trinajstić information content (AvgIpc) is 1.89. The summed E-state index contributed by atoms with van der Waals surface area (Å²) in [4.78, 5) is 14.1. The van der Waals surface area contributed by atoms with Gasteiger partial charge in [-0.3, -0.25) is 9.79 Å².